The topological polar surface area (TPSA) is 41.7 Å². The second kappa shape index (κ2) is 5.54. The summed E-state index contributed by atoms with van der Waals surface area (Å²) in [5, 5.41) is 0. The van der Waals surface area contributed by atoms with E-state index in [1.807, 2.05) is 0 Å². The zero-order valence-electron chi connectivity index (χ0n) is 8.70. The molecule has 13 heavy (non-hydrogen) atoms. The molecule has 0 aliphatic carbocycles. The summed E-state index contributed by atoms with van der Waals surface area (Å²) in [6, 6.07) is 0.425. The van der Waals surface area contributed by atoms with Crippen LogP contribution in [0.25, 0.3) is 0 Å². The molecule has 0 bridgehead atoms. The summed E-state index contributed by atoms with van der Waals surface area (Å²) in [5.74, 6) is 0. The van der Waals surface area contributed by atoms with Gasteiger partial charge in [0.2, 0.25) is 0 Å². The van der Waals surface area contributed by atoms with Gasteiger partial charge < -0.3 is 15.4 Å². The van der Waals surface area contributed by atoms with Gasteiger partial charge in [-0.05, 0) is 14.1 Å². The smallest absolute Gasteiger partial charge is 0.0634 e. The Morgan fingerprint density at radius 3 is 2.92 bits per heavy atom. The van der Waals surface area contributed by atoms with E-state index in [-0.39, 0.29) is 0 Å². The number of morpholine rings is 1. The third-order valence-corrected chi connectivity index (χ3v) is 2.46. The maximum Gasteiger partial charge on any atom is 0.0634 e. The van der Waals surface area contributed by atoms with E-state index in [0.29, 0.717) is 12.6 Å². The van der Waals surface area contributed by atoms with Gasteiger partial charge in [0.1, 0.15) is 0 Å². The van der Waals surface area contributed by atoms with Crippen molar-refractivity contribution in [2.75, 3.05) is 53.5 Å². The Hall–Kier alpha value is -0.160. The first-order valence-corrected chi connectivity index (χ1v) is 4.90. The van der Waals surface area contributed by atoms with Crippen LogP contribution in [-0.4, -0.2) is 69.3 Å². The summed E-state index contributed by atoms with van der Waals surface area (Å²) in [6.07, 6.45) is 0. The standard InChI is InChI=1S/C9H21N3O/c1-11(2)3-4-12-5-6-13-8-9(12)7-10/h9H,3-8,10H2,1-2H3. The second-order valence-corrected chi connectivity index (χ2v) is 3.80. The Balaban J connectivity index is 2.27. The summed E-state index contributed by atoms with van der Waals surface area (Å²) < 4.78 is 5.37. The van der Waals surface area contributed by atoms with Crippen molar-refractivity contribution in [3.05, 3.63) is 0 Å². The van der Waals surface area contributed by atoms with Crippen LogP contribution in [-0.2, 0) is 4.74 Å². The zero-order valence-corrected chi connectivity index (χ0v) is 8.70. The fourth-order valence-electron chi connectivity index (χ4n) is 1.53. The van der Waals surface area contributed by atoms with Crippen LogP contribution < -0.4 is 5.73 Å². The van der Waals surface area contributed by atoms with Crippen molar-refractivity contribution in [2.45, 2.75) is 6.04 Å². The lowest BCUT2D eigenvalue weighted by atomic mass is 10.2. The highest BCUT2D eigenvalue weighted by atomic mass is 16.5. The van der Waals surface area contributed by atoms with Gasteiger partial charge in [0, 0.05) is 32.2 Å². The number of hydrogen-bond donors (Lipinski definition) is 1. The lowest BCUT2D eigenvalue weighted by molar-refractivity contribution is -0.00587. The summed E-state index contributed by atoms with van der Waals surface area (Å²) in [4.78, 5) is 4.62. The van der Waals surface area contributed by atoms with Crippen molar-refractivity contribution >= 4 is 0 Å². The van der Waals surface area contributed by atoms with Gasteiger partial charge in [0.05, 0.1) is 13.2 Å². The number of rotatable bonds is 4. The summed E-state index contributed by atoms with van der Waals surface area (Å²) in [6.45, 7) is 5.56. The van der Waals surface area contributed by atoms with Crippen LogP contribution in [0.15, 0.2) is 0 Å². The molecule has 1 saturated heterocycles. The molecule has 0 aromatic rings. The fraction of sp³-hybridized carbons (Fsp3) is 1.00. The molecule has 1 atom stereocenters. The maximum absolute atomic E-state index is 5.66. The lowest BCUT2D eigenvalue weighted by Crippen LogP contribution is -2.51. The molecule has 1 aliphatic rings. The van der Waals surface area contributed by atoms with E-state index < -0.39 is 0 Å². The van der Waals surface area contributed by atoms with E-state index >= 15 is 0 Å². The van der Waals surface area contributed by atoms with Gasteiger partial charge in [0.15, 0.2) is 0 Å². The quantitative estimate of drug-likeness (QED) is 0.626. The Morgan fingerprint density at radius 2 is 2.31 bits per heavy atom. The first kappa shape index (κ1) is 10.9. The van der Waals surface area contributed by atoms with Gasteiger partial charge in [0.25, 0.3) is 0 Å². The molecule has 0 amide bonds. The van der Waals surface area contributed by atoms with E-state index in [0.717, 1.165) is 32.8 Å². The van der Waals surface area contributed by atoms with Gasteiger partial charge in [-0.25, -0.2) is 0 Å². The summed E-state index contributed by atoms with van der Waals surface area (Å²) >= 11 is 0. The Labute approximate surface area is 80.6 Å². The normalized spacial score (nSPS) is 25.4. The van der Waals surface area contributed by atoms with E-state index in [4.69, 9.17) is 10.5 Å². The minimum absolute atomic E-state index is 0.425. The van der Waals surface area contributed by atoms with Gasteiger partial charge in [-0.15, -0.1) is 0 Å². The molecule has 1 rings (SSSR count). The highest BCUT2D eigenvalue weighted by Crippen LogP contribution is 2.04. The molecule has 4 heteroatoms. The van der Waals surface area contributed by atoms with Crippen LogP contribution in [0.5, 0.6) is 0 Å². The number of hydrogen-bond acceptors (Lipinski definition) is 4. The van der Waals surface area contributed by atoms with E-state index in [1.165, 1.54) is 0 Å². The minimum Gasteiger partial charge on any atom is -0.378 e. The molecule has 0 aromatic heterocycles. The molecule has 1 unspecified atom stereocenters. The molecule has 4 nitrogen and oxygen atoms in total. The van der Waals surface area contributed by atoms with Crippen LogP contribution in [0.2, 0.25) is 0 Å². The molecule has 0 saturated carbocycles. The van der Waals surface area contributed by atoms with Gasteiger partial charge in [-0.2, -0.15) is 0 Å². The van der Waals surface area contributed by atoms with Crippen molar-refractivity contribution in [2.24, 2.45) is 5.73 Å². The van der Waals surface area contributed by atoms with Crippen molar-refractivity contribution < 1.29 is 4.74 Å². The molecule has 1 fully saturated rings. The average molecular weight is 187 g/mol. The van der Waals surface area contributed by atoms with Crippen molar-refractivity contribution in [3.8, 4) is 0 Å². The highest BCUT2D eigenvalue weighted by Gasteiger charge is 2.20. The maximum atomic E-state index is 5.66. The zero-order chi connectivity index (χ0) is 9.68. The van der Waals surface area contributed by atoms with E-state index in [2.05, 4.69) is 23.9 Å². The molecule has 78 valence electrons. The molecule has 0 radical (unpaired) electrons. The largest absolute Gasteiger partial charge is 0.378 e. The monoisotopic (exact) mass is 187 g/mol. The third-order valence-electron chi connectivity index (χ3n) is 2.46. The Kier molecular flexibility index (Phi) is 4.66. The van der Waals surface area contributed by atoms with E-state index in [9.17, 15) is 0 Å². The highest BCUT2D eigenvalue weighted by molar-refractivity contribution is 4.76. The van der Waals surface area contributed by atoms with Crippen LogP contribution in [0.1, 0.15) is 0 Å². The molecular formula is C9H21N3O. The summed E-state index contributed by atoms with van der Waals surface area (Å²) in [5.41, 5.74) is 5.66. The van der Waals surface area contributed by atoms with Crippen LogP contribution >= 0.6 is 0 Å². The predicted octanol–water partition coefficient (Wildman–Crippen LogP) is -0.792. The van der Waals surface area contributed by atoms with Crippen LogP contribution in [0.3, 0.4) is 0 Å². The van der Waals surface area contributed by atoms with Gasteiger partial charge in [-0.1, -0.05) is 0 Å². The first-order valence-electron chi connectivity index (χ1n) is 4.90. The number of nitrogens with two attached hydrogens (primary N) is 1. The molecule has 1 aliphatic heterocycles. The minimum atomic E-state index is 0.425. The Morgan fingerprint density at radius 1 is 1.54 bits per heavy atom. The van der Waals surface area contributed by atoms with Crippen molar-refractivity contribution in [1.29, 1.82) is 0 Å². The van der Waals surface area contributed by atoms with Crippen molar-refractivity contribution in [3.63, 3.8) is 0 Å². The molecule has 2 N–H and O–H groups in total. The van der Waals surface area contributed by atoms with Crippen LogP contribution in [0, 0.1) is 0 Å². The Bertz CT molecular complexity index is 141. The predicted molar refractivity (Wildman–Crippen MR) is 53.8 cm³/mol. The number of likely N-dealkylation sites (N-methyl/N-ethyl adjacent to an activating group) is 1. The van der Waals surface area contributed by atoms with Gasteiger partial charge in [-0.3, -0.25) is 4.90 Å². The fourth-order valence-corrected chi connectivity index (χ4v) is 1.53. The summed E-state index contributed by atoms with van der Waals surface area (Å²) in [7, 11) is 4.19. The average Bonchev–Trinajstić information content (AvgIpc) is 2.15. The van der Waals surface area contributed by atoms with Crippen LogP contribution in [0.4, 0.5) is 0 Å². The third kappa shape index (κ3) is 3.60. The van der Waals surface area contributed by atoms with E-state index in [1.54, 1.807) is 0 Å². The molecule has 0 spiro atoms. The molecular weight excluding hydrogens is 166 g/mol. The molecule has 0 aromatic carbocycles. The first-order chi connectivity index (χ1) is 6.24. The number of nitrogens with zero attached hydrogens (tertiary/aromatic N) is 2. The number of ether oxygens (including phenoxy) is 1. The lowest BCUT2D eigenvalue weighted by Gasteiger charge is -2.35. The SMILES string of the molecule is CN(C)CCN1CCOCC1CN. The van der Waals surface area contributed by atoms with Crippen molar-refractivity contribution in [1.82, 2.24) is 9.80 Å². The van der Waals surface area contributed by atoms with Gasteiger partial charge >= 0.3 is 0 Å². The molecule has 1 heterocycles. The second-order valence-electron chi connectivity index (χ2n) is 3.80.